The summed E-state index contributed by atoms with van der Waals surface area (Å²) in [6, 6.07) is -3.70. The number of carbonyl (C=O) groups excluding carboxylic acids is 4. The predicted octanol–water partition coefficient (Wildman–Crippen LogP) is -1.90. The molecule has 7 N–H and O–H groups in total. The van der Waals surface area contributed by atoms with E-state index < -0.39 is 42.0 Å². The first-order valence-corrected chi connectivity index (χ1v) is 11.3. The van der Waals surface area contributed by atoms with Gasteiger partial charge in [-0.15, -0.1) is 0 Å². The molecule has 34 heavy (non-hydrogen) atoms. The van der Waals surface area contributed by atoms with Crippen LogP contribution in [0.25, 0.3) is 0 Å². The Labute approximate surface area is 196 Å². The molecular formula is C21H31N7O6. The third-order valence-corrected chi connectivity index (χ3v) is 6.27. The Morgan fingerprint density at radius 1 is 1.15 bits per heavy atom. The number of likely N-dealkylation sites (tertiary alicyclic amines) is 2. The molecule has 2 fully saturated rings. The van der Waals surface area contributed by atoms with E-state index in [2.05, 4.69) is 15.3 Å². The van der Waals surface area contributed by atoms with Crippen LogP contribution in [0.1, 0.15) is 44.2 Å². The Morgan fingerprint density at radius 2 is 1.82 bits per heavy atom. The van der Waals surface area contributed by atoms with Crippen LogP contribution in [0.3, 0.4) is 0 Å². The molecule has 186 valence electrons. The largest absolute Gasteiger partial charge is 0.480 e. The number of carboxylic acids is 1. The highest BCUT2D eigenvalue weighted by atomic mass is 16.4. The average Bonchev–Trinajstić information content (AvgIpc) is 3.56. The molecule has 4 atom stereocenters. The van der Waals surface area contributed by atoms with E-state index in [-0.39, 0.29) is 31.1 Å². The molecule has 0 saturated carbocycles. The van der Waals surface area contributed by atoms with E-state index in [1.165, 1.54) is 16.1 Å². The molecule has 2 saturated heterocycles. The number of carboxylic acid groups (broad SMARTS) is 1. The van der Waals surface area contributed by atoms with Crippen LogP contribution in [0.5, 0.6) is 0 Å². The van der Waals surface area contributed by atoms with Gasteiger partial charge in [0.15, 0.2) is 0 Å². The van der Waals surface area contributed by atoms with Crippen molar-refractivity contribution in [3.05, 3.63) is 18.2 Å². The zero-order valence-electron chi connectivity index (χ0n) is 18.8. The fourth-order valence-electron chi connectivity index (χ4n) is 4.53. The van der Waals surface area contributed by atoms with Crippen LogP contribution in [-0.4, -0.2) is 91.7 Å². The van der Waals surface area contributed by atoms with Gasteiger partial charge in [0.25, 0.3) is 0 Å². The molecule has 13 nitrogen and oxygen atoms in total. The molecule has 2 aliphatic heterocycles. The molecular weight excluding hydrogens is 446 g/mol. The fourth-order valence-corrected chi connectivity index (χ4v) is 4.53. The second kappa shape index (κ2) is 11.1. The first-order valence-electron chi connectivity index (χ1n) is 11.3. The molecule has 4 unspecified atom stereocenters. The fraction of sp³-hybridized carbons (Fsp3) is 0.619. The second-order valence-corrected chi connectivity index (χ2v) is 8.67. The summed E-state index contributed by atoms with van der Waals surface area (Å²) in [6.45, 7) is 0.722. The van der Waals surface area contributed by atoms with Crippen molar-refractivity contribution in [1.82, 2.24) is 25.1 Å². The van der Waals surface area contributed by atoms with Crippen LogP contribution in [0, 0.1) is 0 Å². The Morgan fingerprint density at radius 3 is 2.44 bits per heavy atom. The van der Waals surface area contributed by atoms with Gasteiger partial charge in [-0.25, -0.2) is 9.78 Å². The average molecular weight is 478 g/mol. The summed E-state index contributed by atoms with van der Waals surface area (Å²) < 4.78 is 0. The van der Waals surface area contributed by atoms with E-state index in [4.69, 9.17) is 11.5 Å². The summed E-state index contributed by atoms with van der Waals surface area (Å²) in [7, 11) is 0. The minimum atomic E-state index is -1.29. The van der Waals surface area contributed by atoms with Crippen LogP contribution in [-0.2, 0) is 30.4 Å². The number of rotatable bonds is 10. The Hall–Kier alpha value is -3.48. The number of hydrogen-bond acceptors (Lipinski definition) is 7. The van der Waals surface area contributed by atoms with Gasteiger partial charge < -0.3 is 36.7 Å². The first kappa shape index (κ1) is 25.1. The van der Waals surface area contributed by atoms with Gasteiger partial charge in [-0.2, -0.15) is 0 Å². The highest BCUT2D eigenvalue weighted by molar-refractivity contribution is 5.95. The molecule has 0 radical (unpaired) electrons. The van der Waals surface area contributed by atoms with Crippen molar-refractivity contribution in [3.8, 4) is 0 Å². The number of imidazole rings is 1. The van der Waals surface area contributed by atoms with E-state index in [9.17, 15) is 29.1 Å². The Bertz CT molecular complexity index is 921. The molecule has 0 spiro atoms. The lowest BCUT2D eigenvalue weighted by molar-refractivity contribution is -0.148. The van der Waals surface area contributed by atoms with Crippen molar-refractivity contribution in [2.45, 2.75) is 69.1 Å². The van der Waals surface area contributed by atoms with Crippen LogP contribution < -0.4 is 16.8 Å². The molecule has 1 aromatic rings. The van der Waals surface area contributed by atoms with E-state index in [1.807, 2.05) is 0 Å². The summed E-state index contributed by atoms with van der Waals surface area (Å²) in [4.78, 5) is 71.4. The molecule has 0 bridgehead atoms. The number of nitrogens with zero attached hydrogens (tertiary/aromatic N) is 3. The predicted molar refractivity (Wildman–Crippen MR) is 118 cm³/mol. The Kier molecular flexibility index (Phi) is 8.21. The molecule has 0 aromatic carbocycles. The highest BCUT2D eigenvalue weighted by Crippen LogP contribution is 2.26. The summed E-state index contributed by atoms with van der Waals surface area (Å²) in [5.41, 5.74) is 11.9. The van der Waals surface area contributed by atoms with Crippen LogP contribution >= 0.6 is 0 Å². The summed E-state index contributed by atoms with van der Waals surface area (Å²) in [5, 5.41) is 11.8. The zero-order valence-corrected chi connectivity index (χ0v) is 18.8. The van der Waals surface area contributed by atoms with Gasteiger partial charge in [0, 0.05) is 37.8 Å². The molecule has 4 amide bonds. The van der Waals surface area contributed by atoms with Gasteiger partial charge in [-0.3, -0.25) is 19.2 Å². The van der Waals surface area contributed by atoms with E-state index >= 15 is 0 Å². The maximum Gasteiger partial charge on any atom is 0.326 e. The number of hydrogen-bond donors (Lipinski definition) is 5. The lowest BCUT2D eigenvalue weighted by atomic mass is 10.1. The van der Waals surface area contributed by atoms with Gasteiger partial charge in [0.2, 0.25) is 23.6 Å². The number of primary amides is 1. The quantitative estimate of drug-likeness (QED) is 0.257. The van der Waals surface area contributed by atoms with E-state index in [0.29, 0.717) is 44.5 Å². The van der Waals surface area contributed by atoms with Gasteiger partial charge in [-0.05, 0) is 32.1 Å². The van der Waals surface area contributed by atoms with Gasteiger partial charge in [-0.1, -0.05) is 0 Å². The molecule has 1 aromatic heterocycles. The van der Waals surface area contributed by atoms with Crippen molar-refractivity contribution in [2.75, 3.05) is 13.1 Å². The third-order valence-electron chi connectivity index (χ3n) is 6.27. The topological polar surface area (TPSA) is 205 Å². The normalized spacial score (nSPS) is 21.8. The minimum absolute atomic E-state index is 0.143. The zero-order chi connectivity index (χ0) is 24.8. The maximum absolute atomic E-state index is 13.4. The second-order valence-electron chi connectivity index (χ2n) is 8.67. The lowest BCUT2D eigenvalue weighted by Gasteiger charge is -2.32. The molecule has 2 aliphatic rings. The summed E-state index contributed by atoms with van der Waals surface area (Å²) in [6.07, 6.45) is 5.05. The molecule has 0 aliphatic carbocycles. The summed E-state index contributed by atoms with van der Waals surface area (Å²) >= 11 is 0. The maximum atomic E-state index is 13.4. The van der Waals surface area contributed by atoms with Crippen molar-refractivity contribution in [3.63, 3.8) is 0 Å². The Balaban J connectivity index is 1.64. The number of aromatic nitrogens is 2. The number of aliphatic carboxylic acids is 1. The SMILES string of the molecule is NC(=O)CCC(NC(=O)C1CCCN1C(=O)C1CCCN1C(=O)C(N)Cc1cnc[nH]1)C(=O)O. The molecule has 3 heterocycles. The number of amides is 4. The van der Waals surface area contributed by atoms with Gasteiger partial charge >= 0.3 is 5.97 Å². The lowest BCUT2D eigenvalue weighted by Crippen LogP contribution is -2.56. The van der Waals surface area contributed by atoms with E-state index in [0.717, 1.165) is 0 Å². The number of carbonyl (C=O) groups is 5. The minimum Gasteiger partial charge on any atom is -0.480 e. The highest BCUT2D eigenvalue weighted by Gasteiger charge is 2.43. The van der Waals surface area contributed by atoms with Gasteiger partial charge in [0.1, 0.15) is 18.1 Å². The smallest absolute Gasteiger partial charge is 0.326 e. The van der Waals surface area contributed by atoms with E-state index in [1.54, 1.807) is 6.20 Å². The number of aromatic amines is 1. The van der Waals surface area contributed by atoms with Crippen molar-refractivity contribution in [1.29, 1.82) is 0 Å². The molecule has 3 rings (SSSR count). The standard InChI is InChI=1S/C21H31N7O6/c22-13(9-12-10-24-11-25-12)19(31)28-8-2-4-16(28)20(32)27-7-1-3-15(27)18(30)26-14(21(33)34)5-6-17(23)29/h10-11,13-16H,1-9,22H2,(H2,23,29)(H,24,25)(H,26,30)(H,33,34). The van der Waals surface area contributed by atoms with Crippen molar-refractivity contribution >= 4 is 29.6 Å². The monoisotopic (exact) mass is 477 g/mol. The summed E-state index contributed by atoms with van der Waals surface area (Å²) in [5.74, 6) is -3.25. The van der Waals surface area contributed by atoms with Crippen molar-refractivity contribution in [2.24, 2.45) is 11.5 Å². The number of nitrogens with one attached hydrogen (secondary N) is 2. The third kappa shape index (κ3) is 5.90. The van der Waals surface area contributed by atoms with Crippen molar-refractivity contribution < 1.29 is 29.1 Å². The number of nitrogens with two attached hydrogens (primary N) is 2. The van der Waals surface area contributed by atoms with Crippen LogP contribution in [0.4, 0.5) is 0 Å². The number of H-pyrrole nitrogens is 1. The van der Waals surface area contributed by atoms with Crippen LogP contribution in [0.2, 0.25) is 0 Å². The van der Waals surface area contributed by atoms with Gasteiger partial charge in [0.05, 0.1) is 12.4 Å². The molecule has 13 heteroatoms. The first-order chi connectivity index (χ1) is 16.2. The van der Waals surface area contributed by atoms with Crippen LogP contribution in [0.15, 0.2) is 12.5 Å².